The lowest BCUT2D eigenvalue weighted by Gasteiger charge is -2.41. The first-order valence-electron chi connectivity index (χ1n) is 23.7. The molecule has 8 atom stereocenters. The largest absolute Gasteiger partial charge is 0.472 e. The summed E-state index contributed by atoms with van der Waals surface area (Å²) in [5.74, 6) is -0.612. The second kappa shape index (κ2) is 36.6. The first kappa shape index (κ1) is 57.3. The lowest BCUT2D eigenvalue weighted by molar-refractivity contribution is -0.220. The molecule has 0 heterocycles. The standard InChI is InChI=1S/C47H86NO12P/c1-3-5-7-9-11-13-14-15-16-17-18-19-20-21-22-23-24-25-26-27-28-30-32-34-38(49)36-41(51)48-39(40(50)35-33-31-29-12-10-8-6-4-2)37-59-61(57,58)60-47-45(55)43(53)42(52)44(54)46(47)56/h10,12,18-19,21-22,33,35,38-40,42-47,49-50,52-56H,3-9,11,13-17,20,23-32,34,36-37H2,1-2H3,(H,48,51)(H,57,58)/b12-10+,19-18-,22-21-,35-33+. The van der Waals surface area contributed by atoms with Gasteiger partial charge in [-0.1, -0.05) is 165 Å². The van der Waals surface area contributed by atoms with Crippen molar-refractivity contribution >= 4 is 13.7 Å². The number of allylic oxidation sites excluding steroid dienone is 7. The van der Waals surface area contributed by atoms with Crippen LogP contribution in [0.3, 0.4) is 0 Å². The minimum absolute atomic E-state index is 0.260. The van der Waals surface area contributed by atoms with E-state index in [-0.39, 0.29) is 6.42 Å². The number of aliphatic hydroxyl groups excluding tert-OH is 7. The van der Waals surface area contributed by atoms with Gasteiger partial charge in [0.15, 0.2) is 0 Å². The van der Waals surface area contributed by atoms with Crippen LogP contribution in [0.1, 0.15) is 181 Å². The number of aliphatic hydroxyl groups is 7. The van der Waals surface area contributed by atoms with E-state index in [1.54, 1.807) is 6.08 Å². The highest BCUT2D eigenvalue weighted by atomic mass is 31.2. The quantitative estimate of drug-likeness (QED) is 0.0164. The van der Waals surface area contributed by atoms with Crippen molar-refractivity contribution in [1.29, 1.82) is 0 Å². The number of carbonyl (C=O) groups is 1. The smallest absolute Gasteiger partial charge is 0.393 e. The third kappa shape index (κ3) is 28.6. The minimum atomic E-state index is -5.14. The molecule has 0 saturated heterocycles. The number of phosphoric ester groups is 1. The van der Waals surface area contributed by atoms with Crippen LogP contribution in [-0.4, -0.2) is 108 Å². The fourth-order valence-electron chi connectivity index (χ4n) is 7.21. The van der Waals surface area contributed by atoms with Crippen LogP contribution in [-0.2, 0) is 18.4 Å². The molecule has 1 rings (SSSR count). The summed E-state index contributed by atoms with van der Waals surface area (Å²) in [5.41, 5.74) is 0. The van der Waals surface area contributed by atoms with E-state index in [1.807, 2.05) is 6.08 Å². The number of rotatable bonds is 38. The zero-order chi connectivity index (χ0) is 45.1. The van der Waals surface area contributed by atoms with Gasteiger partial charge in [0.05, 0.1) is 31.3 Å². The molecule has 0 bridgehead atoms. The van der Waals surface area contributed by atoms with Gasteiger partial charge >= 0.3 is 7.82 Å². The van der Waals surface area contributed by atoms with Gasteiger partial charge in [0, 0.05) is 0 Å². The number of hydrogen-bond donors (Lipinski definition) is 9. The number of nitrogens with one attached hydrogen (secondary N) is 1. The molecule has 1 fully saturated rings. The Morgan fingerprint density at radius 2 is 1.03 bits per heavy atom. The molecular formula is C47H86NO12P. The molecule has 0 aromatic carbocycles. The molecule has 0 aromatic rings. The van der Waals surface area contributed by atoms with E-state index in [0.29, 0.717) is 12.8 Å². The summed E-state index contributed by atoms with van der Waals surface area (Å²) in [7, 11) is -5.14. The summed E-state index contributed by atoms with van der Waals surface area (Å²) in [4.78, 5) is 23.3. The molecule has 1 aliphatic carbocycles. The van der Waals surface area contributed by atoms with Crippen LogP contribution in [0, 0.1) is 0 Å². The summed E-state index contributed by atoms with van der Waals surface area (Å²) in [6.07, 6.45) is 29.6. The fraction of sp³-hybridized carbons (Fsp3) is 0.809. The van der Waals surface area contributed by atoms with Crippen LogP contribution in [0.5, 0.6) is 0 Å². The van der Waals surface area contributed by atoms with Crippen molar-refractivity contribution in [3.63, 3.8) is 0 Å². The van der Waals surface area contributed by atoms with Crippen LogP contribution in [0.25, 0.3) is 0 Å². The van der Waals surface area contributed by atoms with Crippen molar-refractivity contribution in [3.05, 3.63) is 48.6 Å². The highest BCUT2D eigenvalue weighted by molar-refractivity contribution is 7.47. The summed E-state index contributed by atoms with van der Waals surface area (Å²) in [6.45, 7) is 3.62. The van der Waals surface area contributed by atoms with E-state index in [0.717, 1.165) is 70.6 Å². The zero-order valence-corrected chi connectivity index (χ0v) is 38.5. The van der Waals surface area contributed by atoms with Crippen LogP contribution >= 0.6 is 7.82 Å². The Balaban J connectivity index is 2.40. The van der Waals surface area contributed by atoms with Crippen LogP contribution in [0.15, 0.2) is 48.6 Å². The molecule has 1 saturated carbocycles. The number of phosphoric acid groups is 1. The third-order valence-corrected chi connectivity index (χ3v) is 12.1. The maximum atomic E-state index is 12.9. The number of carbonyl (C=O) groups excluding carboxylic acids is 1. The van der Waals surface area contributed by atoms with Crippen molar-refractivity contribution in [3.8, 4) is 0 Å². The summed E-state index contributed by atoms with van der Waals surface area (Å²) >= 11 is 0. The molecule has 0 spiro atoms. The van der Waals surface area contributed by atoms with Crippen LogP contribution in [0.2, 0.25) is 0 Å². The monoisotopic (exact) mass is 888 g/mol. The lowest BCUT2D eigenvalue weighted by atomic mass is 9.85. The molecule has 1 amide bonds. The van der Waals surface area contributed by atoms with Gasteiger partial charge in [-0.25, -0.2) is 4.57 Å². The van der Waals surface area contributed by atoms with Crippen molar-refractivity contribution in [1.82, 2.24) is 5.32 Å². The number of hydrogen-bond acceptors (Lipinski definition) is 11. The average Bonchev–Trinajstić information content (AvgIpc) is 3.23. The molecule has 14 heteroatoms. The van der Waals surface area contributed by atoms with Crippen LogP contribution < -0.4 is 5.32 Å². The molecule has 1 aliphatic rings. The Morgan fingerprint density at radius 3 is 1.59 bits per heavy atom. The second-order valence-corrected chi connectivity index (χ2v) is 18.2. The van der Waals surface area contributed by atoms with E-state index in [4.69, 9.17) is 9.05 Å². The van der Waals surface area contributed by atoms with E-state index < -0.39 is 75.2 Å². The topological polar surface area (TPSA) is 226 Å². The van der Waals surface area contributed by atoms with Gasteiger partial charge in [-0.3, -0.25) is 13.8 Å². The Labute approximate surface area is 368 Å². The van der Waals surface area contributed by atoms with E-state index in [9.17, 15) is 50.0 Å². The molecular weight excluding hydrogens is 801 g/mol. The third-order valence-electron chi connectivity index (χ3n) is 11.1. The molecule has 8 unspecified atom stereocenters. The zero-order valence-electron chi connectivity index (χ0n) is 37.6. The molecule has 0 aliphatic heterocycles. The summed E-state index contributed by atoms with van der Waals surface area (Å²) < 4.78 is 22.7. The Kier molecular flexibility index (Phi) is 34.3. The van der Waals surface area contributed by atoms with Gasteiger partial charge in [-0.2, -0.15) is 0 Å². The maximum Gasteiger partial charge on any atom is 0.472 e. The predicted octanol–water partition coefficient (Wildman–Crippen LogP) is 7.92. The van der Waals surface area contributed by atoms with E-state index in [2.05, 4.69) is 49.5 Å². The Hall–Kier alpha value is -1.74. The normalized spacial score (nSPS) is 23.6. The molecule has 13 nitrogen and oxygen atoms in total. The molecule has 0 aromatic heterocycles. The average molecular weight is 888 g/mol. The molecule has 9 N–H and O–H groups in total. The molecule has 356 valence electrons. The molecule has 61 heavy (non-hydrogen) atoms. The first-order valence-corrected chi connectivity index (χ1v) is 25.2. The number of amides is 1. The maximum absolute atomic E-state index is 12.9. The van der Waals surface area contributed by atoms with Crippen molar-refractivity contribution in [2.75, 3.05) is 6.61 Å². The highest BCUT2D eigenvalue weighted by Crippen LogP contribution is 2.47. The lowest BCUT2D eigenvalue weighted by Crippen LogP contribution is -2.64. The first-order chi connectivity index (χ1) is 29.3. The second-order valence-electron chi connectivity index (χ2n) is 16.8. The Morgan fingerprint density at radius 1 is 0.590 bits per heavy atom. The SMILES string of the molecule is CCCC/C=C/CC/C=C/C(O)C(COP(=O)(O)OC1C(O)C(O)C(O)C(O)C1O)NC(=O)CC(O)CCCCCCCCC/C=C\C/C=C\CCCCCCCCCCC. The van der Waals surface area contributed by atoms with Gasteiger partial charge in [0.2, 0.25) is 5.91 Å². The van der Waals surface area contributed by atoms with Gasteiger partial charge in [-0.15, -0.1) is 0 Å². The summed E-state index contributed by atoms with van der Waals surface area (Å²) in [6, 6.07) is -1.26. The number of unbranched alkanes of at least 4 members (excludes halogenated alkanes) is 19. The van der Waals surface area contributed by atoms with Gasteiger partial charge < -0.3 is 46.0 Å². The molecule has 0 radical (unpaired) electrons. The van der Waals surface area contributed by atoms with Crippen molar-refractivity contribution < 1.29 is 59.0 Å². The van der Waals surface area contributed by atoms with E-state index in [1.165, 1.54) is 83.1 Å². The van der Waals surface area contributed by atoms with Crippen LogP contribution in [0.4, 0.5) is 0 Å². The Bertz CT molecular complexity index is 1230. The highest BCUT2D eigenvalue weighted by Gasteiger charge is 2.51. The van der Waals surface area contributed by atoms with Gasteiger partial charge in [0.25, 0.3) is 0 Å². The van der Waals surface area contributed by atoms with Crippen molar-refractivity contribution in [2.24, 2.45) is 0 Å². The van der Waals surface area contributed by atoms with Gasteiger partial charge in [0.1, 0.15) is 36.6 Å². The predicted molar refractivity (Wildman–Crippen MR) is 243 cm³/mol. The van der Waals surface area contributed by atoms with Gasteiger partial charge in [-0.05, 0) is 57.8 Å². The minimum Gasteiger partial charge on any atom is -0.393 e. The fourth-order valence-corrected chi connectivity index (χ4v) is 8.18. The van der Waals surface area contributed by atoms with E-state index >= 15 is 0 Å². The summed E-state index contributed by atoms with van der Waals surface area (Å²) in [5, 5.41) is 74.2. The van der Waals surface area contributed by atoms with Crippen molar-refractivity contribution in [2.45, 2.75) is 236 Å².